The number of carbonyl (C=O) groups is 3. The van der Waals surface area contributed by atoms with E-state index < -0.39 is 23.3 Å². The number of hydrogen-bond acceptors (Lipinski definition) is 8. The molecule has 0 radical (unpaired) electrons. The SMILES string of the molecule is COc1ncc(-c2cccc(NC(=O)C(=O)NC(C)(C)CCOc3cccc4ccc(C(=O)O)nc34)c2)o1. The van der Waals surface area contributed by atoms with Crippen LogP contribution in [0.25, 0.3) is 22.2 Å². The Bertz CT molecular complexity index is 1500. The van der Waals surface area contributed by atoms with Crippen LogP contribution in [0.3, 0.4) is 0 Å². The zero-order chi connectivity index (χ0) is 27.3. The Balaban J connectivity index is 1.34. The number of amides is 2. The number of fused-ring (bicyclic) bond motifs is 1. The number of aromatic nitrogens is 2. The van der Waals surface area contributed by atoms with Crippen LogP contribution in [-0.4, -0.2) is 52.1 Å². The van der Waals surface area contributed by atoms with E-state index >= 15 is 0 Å². The molecular formula is C27H26N4O7. The number of nitrogens with one attached hydrogen (secondary N) is 2. The van der Waals surface area contributed by atoms with Gasteiger partial charge in [0.2, 0.25) is 0 Å². The number of para-hydroxylation sites is 1. The predicted octanol–water partition coefficient (Wildman–Crippen LogP) is 3.90. The zero-order valence-electron chi connectivity index (χ0n) is 21.0. The number of carboxylic acids is 1. The van der Waals surface area contributed by atoms with Crippen LogP contribution in [0, 0.1) is 0 Å². The molecule has 0 spiro atoms. The molecule has 2 aromatic heterocycles. The molecule has 0 saturated carbocycles. The van der Waals surface area contributed by atoms with E-state index in [-0.39, 0.29) is 18.4 Å². The summed E-state index contributed by atoms with van der Waals surface area (Å²) in [6, 6.07) is 15.2. The summed E-state index contributed by atoms with van der Waals surface area (Å²) in [5.41, 5.74) is 0.618. The van der Waals surface area contributed by atoms with E-state index in [9.17, 15) is 19.5 Å². The van der Waals surface area contributed by atoms with Crippen molar-refractivity contribution in [1.29, 1.82) is 0 Å². The lowest BCUT2D eigenvalue weighted by Crippen LogP contribution is -2.48. The number of methoxy groups -OCH3 is 1. The molecule has 0 fully saturated rings. The predicted molar refractivity (Wildman–Crippen MR) is 138 cm³/mol. The Morgan fingerprint density at radius 2 is 1.84 bits per heavy atom. The van der Waals surface area contributed by atoms with E-state index in [2.05, 4.69) is 20.6 Å². The van der Waals surface area contributed by atoms with E-state index in [1.807, 2.05) is 6.07 Å². The summed E-state index contributed by atoms with van der Waals surface area (Å²) in [7, 11) is 1.44. The van der Waals surface area contributed by atoms with Crippen molar-refractivity contribution in [2.45, 2.75) is 25.8 Å². The molecule has 0 bridgehead atoms. The first kappa shape index (κ1) is 26.1. The number of carboxylic acid groups (broad SMARTS) is 1. The van der Waals surface area contributed by atoms with Crippen LogP contribution in [-0.2, 0) is 9.59 Å². The van der Waals surface area contributed by atoms with Gasteiger partial charge in [0.05, 0.1) is 19.9 Å². The van der Waals surface area contributed by atoms with Crippen molar-refractivity contribution in [3.63, 3.8) is 0 Å². The molecule has 38 heavy (non-hydrogen) atoms. The first-order chi connectivity index (χ1) is 18.1. The summed E-state index contributed by atoms with van der Waals surface area (Å²) in [5.74, 6) is -1.89. The second kappa shape index (κ2) is 11.0. The van der Waals surface area contributed by atoms with Gasteiger partial charge in [0.25, 0.3) is 0 Å². The standard InChI is InChI=1S/C27H26N4O7/c1-27(2,12-13-37-20-9-5-6-16-10-11-19(25(34)35)30-22(16)20)31-24(33)23(32)29-18-8-4-7-17(14-18)21-15-28-26(36-3)38-21/h4-11,14-15H,12-13H2,1-3H3,(H,29,32)(H,31,33)(H,34,35). The fraction of sp³-hybridized carbons (Fsp3) is 0.222. The number of aromatic carboxylic acids is 1. The third-order valence-corrected chi connectivity index (χ3v) is 5.61. The van der Waals surface area contributed by atoms with Crippen molar-refractivity contribution in [2.75, 3.05) is 19.0 Å². The Kier molecular flexibility index (Phi) is 7.56. The number of hydrogen-bond donors (Lipinski definition) is 3. The Labute approximate surface area is 217 Å². The van der Waals surface area contributed by atoms with Gasteiger partial charge in [0.1, 0.15) is 17.0 Å². The van der Waals surface area contributed by atoms with Crippen molar-refractivity contribution in [3.8, 4) is 23.1 Å². The van der Waals surface area contributed by atoms with Gasteiger partial charge >= 0.3 is 23.9 Å². The smallest absolute Gasteiger partial charge is 0.393 e. The molecule has 196 valence electrons. The number of nitrogens with zero attached hydrogens (tertiary/aromatic N) is 2. The quantitative estimate of drug-likeness (QED) is 0.280. The van der Waals surface area contributed by atoms with Gasteiger partial charge in [-0.2, -0.15) is 4.98 Å². The van der Waals surface area contributed by atoms with Crippen molar-refractivity contribution in [1.82, 2.24) is 15.3 Å². The summed E-state index contributed by atoms with van der Waals surface area (Å²) in [5, 5.41) is 15.3. The molecule has 0 atom stereocenters. The lowest BCUT2D eigenvalue weighted by Gasteiger charge is -2.26. The zero-order valence-corrected chi connectivity index (χ0v) is 21.0. The van der Waals surface area contributed by atoms with Crippen LogP contribution in [0.4, 0.5) is 5.69 Å². The molecule has 11 heteroatoms. The highest BCUT2D eigenvalue weighted by atomic mass is 16.6. The first-order valence-corrected chi connectivity index (χ1v) is 11.6. The minimum Gasteiger partial charge on any atom is -0.491 e. The Hall–Kier alpha value is -4.93. The van der Waals surface area contributed by atoms with Gasteiger partial charge in [-0.25, -0.2) is 9.78 Å². The summed E-state index contributed by atoms with van der Waals surface area (Å²) in [4.78, 5) is 44.6. The maximum atomic E-state index is 12.6. The number of benzene rings is 2. The molecule has 11 nitrogen and oxygen atoms in total. The van der Waals surface area contributed by atoms with Crippen LogP contribution in [0.1, 0.15) is 30.8 Å². The van der Waals surface area contributed by atoms with Gasteiger partial charge in [-0.1, -0.05) is 30.3 Å². The fourth-order valence-corrected chi connectivity index (χ4v) is 3.62. The van der Waals surface area contributed by atoms with Gasteiger partial charge in [-0.05, 0) is 38.1 Å². The van der Waals surface area contributed by atoms with E-state index in [0.717, 1.165) is 5.39 Å². The van der Waals surface area contributed by atoms with Crippen LogP contribution in [0.5, 0.6) is 11.8 Å². The van der Waals surface area contributed by atoms with Crippen molar-refractivity contribution >= 4 is 34.4 Å². The molecule has 0 aliphatic carbocycles. The monoisotopic (exact) mass is 518 g/mol. The number of anilines is 1. The molecule has 0 unspecified atom stereocenters. The second-order valence-electron chi connectivity index (χ2n) is 9.00. The average Bonchev–Trinajstić information content (AvgIpc) is 3.38. The van der Waals surface area contributed by atoms with Gasteiger partial charge < -0.3 is 29.6 Å². The summed E-state index contributed by atoms with van der Waals surface area (Å²) in [6.45, 7) is 3.72. The molecule has 2 heterocycles. The van der Waals surface area contributed by atoms with E-state index in [1.54, 1.807) is 56.3 Å². The van der Waals surface area contributed by atoms with Gasteiger partial charge in [-0.3, -0.25) is 9.59 Å². The highest BCUT2D eigenvalue weighted by molar-refractivity contribution is 6.39. The molecule has 0 saturated heterocycles. The largest absolute Gasteiger partial charge is 0.491 e. The van der Waals surface area contributed by atoms with Gasteiger partial charge in [0.15, 0.2) is 5.76 Å². The molecule has 0 aliphatic rings. The van der Waals surface area contributed by atoms with Crippen LogP contribution in [0.15, 0.2) is 65.2 Å². The minimum atomic E-state index is -1.13. The third-order valence-electron chi connectivity index (χ3n) is 5.61. The normalized spacial score (nSPS) is 11.1. The number of rotatable bonds is 9. The lowest BCUT2D eigenvalue weighted by atomic mass is 10.0. The highest BCUT2D eigenvalue weighted by Crippen LogP contribution is 2.26. The first-order valence-electron chi connectivity index (χ1n) is 11.6. The van der Waals surface area contributed by atoms with Crippen molar-refractivity contribution < 1.29 is 33.4 Å². The van der Waals surface area contributed by atoms with E-state index in [1.165, 1.54) is 19.4 Å². The minimum absolute atomic E-state index is 0.0850. The van der Waals surface area contributed by atoms with Crippen molar-refractivity contribution in [2.24, 2.45) is 0 Å². The molecular weight excluding hydrogens is 492 g/mol. The fourth-order valence-electron chi connectivity index (χ4n) is 3.62. The molecule has 0 aliphatic heterocycles. The number of carbonyl (C=O) groups excluding carboxylic acids is 2. The summed E-state index contributed by atoms with van der Waals surface area (Å²) >= 11 is 0. The molecule has 2 amide bonds. The third kappa shape index (κ3) is 6.25. The molecule has 3 N–H and O–H groups in total. The van der Waals surface area contributed by atoms with E-state index in [0.29, 0.717) is 34.7 Å². The second-order valence-corrected chi connectivity index (χ2v) is 9.00. The van der Waals surface area contributed by atoms with Crippen molar-refractivity contribution in [3.05, 3.63) is 66.5 Å². The Morgan fingerprint density at radius 3 is 2.58 bits per heavy atom. The lowest BCUT2D eigenvalue weighted by molar-refractivity contribution is -0.137. The molecule has 4 rings (SSSR count). The summed E-state index contributed by atoms with van der Waals surface area (Å²) in [6.07, 6.45) is 1.97. The highest BCUT2D eigenvalue weighted by Gasteiger charge is 2.25. The maximum Gasteiger partial charge on any atom is 0.393 e. The molecule has 2 aromatic carbocycles. The van der Waals surface area contributed by atoms with Crippen LogP contribution >= 0.6 is 0 Å². The maximum absolute atomic E-state index is 12.6. The average molecular weight is 519 g/mol. The number of pyridine rings is 1. The van der Waals surface area contributed by atoms with Gasteiger partial charge in [-0.15, -0.1) is 0 Å². The number of oxazole rings is 1. The van der Waals surface area contributed by atoms with Crippen LogP contribution < -0.4 is 20.1 Å². The summed E-state index contributed by atoms with van der Waals surface area (Å²) < 4.78 is 16.2. The Morgan fingerprint density at radius 1 is 1.05 bits per heavy atom. The number of ether oxygens (including phenoxy) is 2. The molecule has 4 aromatic rings. The topological polar surface area (TPSA) is 153 Å². The van der Waals surface area contributed by atoms with E-state index in [4.69, 9.17) is 13.9 Å². The van der Waals surface area contributed by atoms with Crippen LogP contribution in [0.2, 0.25) is 0 Å². The van der Waals surface area contributed by atoms with Gasteiger partial charge in [0, 0.05) is 28.6 Å².